The minimum atomic E-state index is -0.485. The Morgan fingerprint density at radius 3 is 2.43 bits per heavy atom. The summed E-state index contributed by atoms with van der Waals surface area (Å²) < 4.78 is 7.44. The molecule has 1 amide bonds. The van der Waals surface area contributed by atoms with Gasteiger partial charge < -0.3 is 9.30 Å². The van der Waals surface area contributed by atoms with Gasteiger partial charge in [-0.15, -0.1) is 0 Å². The Labute approximate surface area is 168 Å². The molecule has 140 valence electrons. The third-order valence-electron chi connectivity index (χ3n) is 4.56. The number of ether oxygens (including phenoxy) is 1. The zero-order valence-corrected chi connectivity index (χ0v) is 15.8. The van der Waals surface area contributed by atoms with E-state index < -0.39 is 12.3 Å². The summed E-state index contributed by atoms with van der Waals surface area (Å²) in [6.07, 6.45) is 1.06. The van der Waals surface area contributed by atoms with Gasteiger partial charge in [-0.1, -0.05) is 72.3 Å². The Morgan fingerprint density at radius 1 is 0.929 bits per heavy atom. The van der Waals surface area contributed by atoms with Crippen molar-refractivity contribution in [3.63, 3.8) is 0 Å². The number of benzene rings is 3. The molecule has 4 nitrogen and oxygen atoms in total. The quantitative estimate of drug-likeness (QED) is 0.470. The van der Waals surface area contributed by atoms with Gasteiger partial charge in [0.05, 0.1) is 5.52 Å². The van der Waals surface area contributed by atoms with E-state index in [0.29, 0.717) is 5.02 Å². The highest BCUT2D eigenvalue weighted by molar-refractivity contribution is 6.30. The second-order valence-electron chi connectivity index (χ2n) is 6.44. The molecule has 0 aliphatic heterocycles. The molecule has 0 aliphatic rings. The van der Waals surface area contributed by atoms with E-state index in [1.54, 1.807) is 0 Å². The maximum atomic E-state index is 12.5. The van der Waals surface area contributed by atoms with Gasteiger partial charge in [-0.3, -0.25) is 5.32 Å². The molecule has 0 bridgehead atoms. The van der Waals surface area contributed by atoms with Crippen LogP contribution in [0.3, 0.4) is 0 Å². The number of fused-ring (bicyclic) bond motifs is 1. The van der Waals surface area contributed by atoms with Crippen LogP contribution in [0.2, 0.25) is 5.02 Å². The summed E-state index contributed by atoms with van der Waals surface area (Å²) in [5.41, 5.74) is 2.86. The first-order valence-corrected chi connectivity index (χ1v) is 9.37. The average Bonchev–Trinajstić information content (AvgIpc) is 3.16. The smallest absolute Gasteiger partial charge is 0.409 e. The van der Waals surface area contributed by atoms with Crippen LogP contribution in [-0.2, 0) is 11.3 Å². The molecule has 4 aromatic rings. The number of carbonyl (C=O) groups is 1. The maximum Gasteiger partial charge on any atom is 0.409 e. The molecular weight excluding hydrogens is 372 g/mol. The molecule has 1 N–H and O–H groups in total. The molecule has 4 rings (SSSR count). The largest absolute Gasteiger partial charge is 0.445 e. The van der Waals surface area contributed by atoms with Crippen molar-refractivity contribution in [2.45, 2.75) is 12.8 Å². The van der Waals surface area contributed by atoms with Gasteiger partial charge in [0.25, 0.3) is 0 Å². The second-order valence-corrected chi connectivity index (χ2v) is 6.88. The van der Waals surface area contributed by atoms with Crippen LogP contribution < -0.4 is 5.32 Å². The first-order chi connectivity index (χ1) is 13.7. The maximum absolute atomic E-state index is 12.5. The number of para-hydroxylation sites is 1. The number of carbonyl (C=O) groups excluding carboxylic acids is 1. The summed E-state index contributed by atoms with van der Waals surface area (Å²) in [7, 11) is 0. The predicted molar refractivity (Wildman–Crippen MR) is 111 cm³/mol. The first-order valence-electron chi connectivity index (χ1n) is 8.99. The number of halogens is 1. The molecule has 0 spiro atoms. The van der Waals surface area contributed by atoms with E-state index in [0.717, 1.165) is 22.0 Å². The van der Waals surface area contributed by atoms with E-state index in [2.05, 4.69) is 5.32 Å². The number of alkyl carbamates (subject to hydrolysis) is 1. The molecule has 5 heteroatoms. The number of hydrogen-bond donors (Lipinski definition) is 1. The fraction of sp³-hybridized carbons (Fsp3) is 0.0870. The fourth-order valence-electron chi connectivity index (χ4n) is 3.16. The monoisotopic (exact) mass is 390 g/mol. The van der Waals surface area contributed by atoms with Gasteiger partial charge in [0, 0.05) is 11.2 Å². The molecule has 1 aromatic heterocycles. The summed E-state index contributed by atoms with van der Waals surface area (Å²) in [5.74, 6) is 0. The summed E-state index contributed by atoms with van der Waals surface area (Å²) in [4.78, 5) is 12.5. The molecule has 1 atom stereocenters. The minimum absolute atomic E-state index is 0.215. The lowest BCUT2D eigenvalue weighted by Gasteiger charge is -2.22. The summed E-state index contributed by atoms with van der Waals surface area (Å²) >= 11 is 6.04. The van der Waals surface area contributed by atoms with Crippen molar-refractivity contribution in [3.05, 3.63) is 107 Å². The number of rotatable bonds is 5. The van der Waals surface area contributed by atoms with Crippen LogP contribution in [0.5, 0.6) is 0 Å². The Balaban J connectivity index is 1.60. The van der Waals surface area contributed by atoms with Crippen LogP contribution >= 0.6 is 11.6 Å². The topological polar surface area (TPSA) is 43.3 Å². The van der Waals surface area contributed by atoms with E-state index in [-0.39, 0.29) is 6.61 Å². The molecule has 0 radical (unpaired) electrons. The Hall–Kier alpha value is -3.24. The number of amides is 1. The lowest BCUT2D eigenvalue weighted by molar-refractivity contribution is 0.134. The van der Waals surface area contributed by atoms with Crippen molar-refractivity contribution < 1.29 is 9.53 Å². The summed E-state index contributed by atoms with van der Waals surface area (Å²) in [6.45, 7) is 0.215. The molecule has 0 saturated heterocycles. The number of hydrogen-bond acceptors (Lipinski definition) is 2. The lowest BCUT2D eigenvalue weighted by Crippen LogP contribution is -2.33. The molecular formula is C23H19ClN2O2. The van der Waals surface area contributed by atoms with Crippen LogP contribution in [0.1, 0.15) is 17.3 Å². The normalized spacial score (nSPS) is 11.9. The van der Waals surface area contributed by atoms with Gasteiger partial charge in [0.15, 0.2) is 0 Å². The molecule has 0 fully saturated rings. The Kier molecular flexibility index (Phi) is 5.31. The minimum Gasteiger partial charge on any atom is -0.445 e. The van der Waals surface area contributed by atoms with Crippen LogP contribution in [0.15, 0.2) is 91.1 Å². The summed E-state index contributed by atoms with van der Waals surface area (Å²) in [6, 6.07) is 27.1. The highest BCUT2D eigenvalue weighted by Crippen LogP contribution is 2.24. The van der Waals surface area contributed by atoms with Crippen LogP contribution in [-0.4, -0.2) is 10.7 Å². The number of nitrogens with one attached hydrogen (secondary N) is 1. The molecule has 28 heavy (non-hydrogen) atoms. The Morgan fingerprint density at radius 2 is 1.64 bits per heavy atom. The van der Waals surface area contributed by atoms with Crippen molar-refractivity contribution in [2.75, 3.05) is 0 Å². The van der Waals surface area contributed by atoms with Crippen molar-refractivity contribution in [3.8, 4) is 0 Å². The van der Waals surface area contributed by atoms with Gasteiger partial charge in [0.2, 0.25) is 0 Å². The van der Waals surface area contributed by atoms with Crippen LogP contribution in [0, 0.1) is 0 Å². The zero-order valence-electron chi connectivity index (χ0n) is 15.1. The number of nitrogens with zero attached hydrogens (tertiary/aromatic N) is 1. The van der Waals surface area contributed by atoms with E-state index in [4.69, 9.17) is 16.3 Å². The lowest BCUT2D eigenvalue weighted by atomic mass is 10.1. The van der Waals surface area contributed by atoms with E-state index in [1.165, 1.54) is 0 Å². The third-order valence-corrected chi connectivity index (χ3v) is 4.81. The molecule has 0 aliphatic carbocycles. The Bertz CT molecular complexity index is 1070. The molecule has 1 unspecified atom stereocenters. The fourth-order valence-corrected chi connectivity index (χ4v) is 3.29. The van der Waals surface area contributed by atoms with E-state index in [1.807, 2.05) is 95.7 Å². The third kappa shape index (κ3) is 4.02. The molecule has 1 heterocycles. The SMILES string of the molecule is O=C(NC(c1ccc(Cl)cc1)n1ccc2ccccc21)OCc1ccccc1. The van der Waals surface area contributed by atoms with Gasteiger partial charge in [0.1, 0.15) is 12.8 Å². The van der Waals surface area contributed by atoms with Crippen LogP contribution in [0.4, 0.5) is 4.79 Å². The highest BCUT2D eigenvalue weighted by atomic mass is 35.5. The standard InChI is InChI=1S/C23H19ClN2O2/c24-20-12-10-19(11-13-20)22(26-15-14-18-8-4-5-9-21(18)26)25-23(27)28-16-17-6-2-1-3-7-17/h1-15,22H,16H2,(H,25,27). The van der Waals surface area contributed by atoms with Gasteiger partial charge in [-0.2, -0.15) is 0 Å². The van der Waals surface area contributed by atoms with Gasteiger partial charge in [-0.05, 0) is 40.8 Å². The van der Waals surface area contributed by atoms with Crippen molar-refractivity contribution in [1.82, 2.24) is 9.88 Å². The van der Waals surface area contributed by atoms with Gasteiger partial charge >= 0.3 is 6.09 Å². The van der Waals surface area contributed by atoms with E-state index in [9.17, 15) is 4.79 Å². The van der Waals surface area contributed by atoms with Gasteiger partial charge in [-0.25, -0.2) is 4.79 Å². The predicted octanol–water partition coefficient (Wildman–Crippen LogP) is 5.77. The highest BCUT2D eigenvalue weighted by Gasteiger charge is 2.19. The first kappa shape index (κ1) is 18.1. The van der Waals surface area contributed by atoms with E-state index >= 15 is 0 Å². The zero-order chi connectivity index (χ0) is 19.3. The molecule has 3 aromatic carbocycles. The van der Waals surface area contributed by atoms with Crippen molar-refractivity contribution in [2.24, 2.45) is 0 Å². The second kappa shape index (κ2) is 8.19. The summed E-state index contributed by atoms with van der Waals surface area (Å²) in [5, 5.41) is 4.72. The van der Waals surface area contributed by atoms with Crippen molar-refractivity contribution >= 4 is 28.6 Å². The number of aromatic nitrogens is 1. The van der Waals surface area contributed by atoms with Crippen molar-refractivity contribution in [1.29, 1.82) is 0 Å². The van der Waals surface area contributed by atoms with Crippen LogP contribution in [0.25, 0.3) is 10.9 Å². The molecule has 0 saturated carbocycles. The average molecular weight is 391 g/mol.